The fourth-order valence-corrected chi connectivity index (χ4v) is 1.88. The molecule has 0 rings (SSSR count). The maximum Gasteiger partial charge on any atom is 0.305 e. The average Bonchev–Trinajstić information content (AvgIpc) is 2.49. The molecule has 0 aromatic carbocycles. The molecule has 4 nitrogen and oxygen atoms in total. The minimum atomic E-state index is -0.109. The van der Waals surface area contributed by atoms with E-state index < -0.39 is 0 Å². The van der Waals surface area contributed by atoms with Gasteiger partial charge in [0, 0.05) is 19.6 Å². The van der Waals surface area contributed by atoms with E-state index in [1.54, 1.807) is 0 Å². The molecular formula is C17H34O4. The third kappa shape index (κ3) is 17.3. The van der Waals surface area contributed by atoms with Gasteiger partial charge in [0.1, 0.15) is 0 Å². The zero-order valence-corrected chi connectivity index (χ0v) is 14.0. The van der Waals surface area contributed by atoms with Gasteiger partial charge in [-0.1, -0.05) is 46.0 Å². The predicted octanol–water partition coefficient (Wildman–Crippen LogP) is 4.11. The summed E-state index contributed by atoms with van der Waals surface area (Å²) >= 11 is 0. The predicted molar refractivity (Wildman–Crippen MR) is 85.5 cm³/mol. The van der Waals surface area contributed by atoms with Gasteiger partial charge in [-0.2, -0.15) is 0 Å². The highest BCUT2D eigenvalue weighted by Crippen LogP contribution is 2.00. The van der Waals surface area contributed by atoms with Crippen molar-refractivity contribution in [3.63, 3.8) is 0 Å². The monoisotopic (exact) mass is 302 g/mol. The van der Waals surface area contributed by atoms with Gasteiger partial charge in [0.15, 0.2) is 0 Å². The Bertz CT molecular complexity index is 219. The SMILES string of the molecule is CCCCCCOCCOCCCC(=O)OCCCCC. The summed E-state index contributed by atoms with van der Waals surface area (Å²) < 4.78 is 16.0. The second kappa shape index (κ2) is 17.4. The van der Waals surface area contributed by atoms with Crippen molar-refractivity contribution in [1.82, 2.24) is 0 Å². The average molecular weight is 302 g/mol. The molecule has 0 bridgehead atoms. The molecule has 0 aliphatic carbocycles. The minimum absolute atomic E-state index is 0.109. The number of hydrogen-bond acceptors (Lipinski definition) is 4. The molecule has 21 heavy (non-hydrogen) atoms. The van der Waals surface area contributed by atoms with Crippen LogP contribution in [0.1, 0.15) is 71.6 Å². The van der Waals surface area contributed by atoms with Gasteiger partial charge in [-0.05, 0) is 19.3 Å². The van der Waals surface area contributed by atoms with Crippen LogP contribution in [0.15, 0.2) is 0 Å². The Hall–Kier alpha value is -0.610. The summed E-state index contributed by atoms with van der Waals surface area (Å²) in [4.78, 5) is 11.4. The fraction of sp³-hybridized carbons (Fsp3) is 0.941. The van der Waals surface area contributed by atoms with E-state index in [1.807, 2.05) is 0 Å². The molecule has 0 saturated carbocycles. The molecule has 0 spiro atoms. The topological polar surface area (TPSA) is 44.8 Å². The number of carbonyl (C=O) groups is 1. The summed E-state index contributed by atoms with van der Waals surface area (Å²) in [5.41, 5.74) is 0. The van der Waals surface area contributed by atoms with Crippen LogP contribution in [0.3, 0.4) is 0 Å². The van der Waals surface area contributed by atoms with E-state index in [-0.39, 0.29) is 5.97 Å². The Morgan fingerprint density at radius 1 is 0.667 bits per heavy atom. The van der Waals surface area contributed by atoms with Crippen molar-refractivity contribution in [3.8, 4) is 0 Å². The summed E-state index contributed by atoms with van der Waals surface area (Å²) in [6.07, 6.45) is 9.33. The molecule has 0 aliphatic rings. The Balaban J connectivity index is 3.09. The van der Waals surface area contributed by atoms with Crippen molar-refractivity contribution >= 4 is 5.97 Å². The zero-order chi connectivity index (χ0) is 15.6. The first-order valence-corrected chi connectivity index (χ1v) is 8.62. The maximum absolute atomic E-state index is 11.4. The van der Waals surface area contributed by atoms with E-state index in [4.69, 9.17) is 14.2 Å². The van der Waals surface area contributed by atoms with Gasteiger partial charge in [-0.15, -0.1) is 0 Å². The van der Waals surface area contributed by atoms with Crippen LogP contribution in [0.25, 0.3) is 0 Å². The van der Waals surface area contributed by atoms with Crippen molar-refractivity contribution < 1.29 is 19.0 Å². The van der Waals surface area contributed by atoms with Crippen LogP contribution in [0.5, 0.6) is 0 Å². The highest BCUT2D eigenvalue weighted by molar-refractivity contribution is 5.69. The van der Waals surface area contributed by atoms with Crippen LogP contribution in [0.4, 0.5) is 0 Å². The smallest absolute Gasteiger partial charge is 0.305 e. The van der Waals surface area contributed by atoms with E-state index in [1.165, 1.54) is 19.3 Å². The van der Waals surface area contributed by atoms with Crippen LogP contribution in [0, 0.1) is 0 Å². The largest absolute Gasteiger partial charge is 0.466 e. The molecule has 0 N–H and O–H groups in total. The molecule has 126 valence electrons. The Labute approximate surface area is 130 Å². The second-order valence-corrected chi connectivity index (χ2v) is 5.32. The lowest BCUT2D eigenvalue weighted by atomic mass is 10.2. The van der Waals surface area contributed by atoms with Gasteiger partial charge in [-0.3, -0.25) is 4.79 Å². The first-order chi connectivity index (χ1) is 10.3. The lowest BCUT2D eigenvalue weighted by molar-refractivity contribution is -0.144. The van der Waals surface area contributed by atoms with Crippen molar-refractivity contribution in [2.75, 3.05) is 33.0 Å². The molecule has 0 heterocycles. The van der Waals surface area contributed by atoms with Crippen molar-refractivity contribution in [1.29, 1.82) is 0 Å². The highest BCUT2D eigenvalue weighted by Gasteiger charge is 2.02. The van der Waals surface area contributed by atoms with Gasteiger partial charge < -0.3 is 14.2 Å². The van der Waals surface area contributed by atoms with Crippen molar-refractivity contribution in [2.45, 2.75) is 71.6 Å². The van der Waals surface area contributed by atoms with E-state index in [2.05, 4.69) is 13.8 Å². The molecule has 0 amide bonds. The molecular weight excluding hydrogens is 268 g/mol. The zero-order valence-electron chi connectivity index (χ0n) is 14.0. The summed E-state index contributed by atoms with van der Waals surface area (Å²) in [6, 6.07) is 0. The van der Waals surface area contributed by atoms with Crippen molar-refractivity contribution in [3.05, 3.63) is 0 Å². The van der Waals surface area contributed by atoms with Gasteiger partial charge in [-0.25, -0.2) is 0 Å². The molecule has 0 unspecified atom stereocenters. The summed E-state index contributed by atoms with van der Waals surface area (Å²) in [5.74, 6) is -0.109. The lowest BCUT2D eigenvalue weighted by Gasteiger charge is -2.06. The van der Waals surface area contributed by atoms with E-state index in [0.29, 0.717) is 32.8 Å². The number of hydrogen-bond donors (Lipinski definition) is 0. The molecule has 0 aromatic heterocycles. The van der Waals surface area contributed by atoms with Gasteiger partial charge in [0.25, 0.3) is 0 Å². The Morgan fingerprint density at radius 3 is 1.90 bits per heavy atom. The Morgan fingerprint density at radius 2 is 1.24 bits per heavy atom. The quantitative estimate of drug-likeness (QED) is 0.318. The number of rotatable bonds is 16. The molecule has 0 aliphatic heterocycles. The minimum Gasteiger partial charge on any atom is -0.466 e. The van der Waals surface area contributed by atoms with Gasteiger partial charge in [0.2, 0.25) is 0 Å². The van der Waals surface area contributed by atoms with E-state index in [0.717, 1.165) is 38.7 Å². The lowest BCUT2D eigenvalue weighted by Crippen LogP contribution is -2.09. The summed E-state index contributed by atoms with van der Waals surface area (Å²) in [7, 11) is 0. The first-order valence-electron chi connectivity index (χ1n) is 8.62. The fourth-order valence-electron chi connectivity index (χ4n) is 1.88. The molecule has 0 aromatic rings. The van der Waals surface area contributed by atoms with Gasteiger partial charge in [0.05, 0.1) is 19.8 Å². The first kappa shape index (κ1) is 20.4. The molecule has 4 heteroatoms. The third-order valence-corrected chi connectivity index (χ3v) is 3.19. The number of esters is 1. The standard InChI is InChI=1S/C17H34O4/c1-3-5-7-9-12-19-15-16-20-13-10-11-17(18)21-14-8-6-4-2/h3-16H2,1-2H3. The molecule has 0 atom stereocenters. The number of ether oxygens (including phenoxy) is 3. The van der Waals surface area contributed by atoms with E-state index >= 15 is 0 Å². The Kier molecular flexibility index (Phi) is 16.9. The highest BCUT2D eigenvalue weighted by atomic mass is 16.5. The van der Waals surface area contributed by atoms with Gasteiger partial charge >= 0.3 is 5.97 Å². The van der Waals surface area contributed by atoms with Crippen LogP contribution in [-0.4, -0.2) is 39.0 Å². The second-order valence-electron chi connectivity index (χ2n) is 5.32. The summed E-state index contributed by atoms with van der Waals surface area (Å²) in [5, 5.41) is 0. The third-order valence-electron chi connectivity index (χ3n) is 3.19. The van der Waals surface area contributed by atoms with Crippen LogP contribution >= 0.6 is 0 Å². The van der Waals surface area contributed by atoms with Crippen LogP contribution in [-0.2, 0) is 19.0 Å². The van der Waals surface area contributed by atoms with Crippen LogP contribution in [0.2, 0.25) is 0 Å². The normalized spacial score (nSPS) is 10.8. The maximum atomic E-state index is 11.4. The van der Waals surface area contributed by atoms with Crippen LogP contribution < -0.4 is 0 Å². The molecule has 0 radical (unpaired) electrons. The van der Waals surface area contributed by atoms with Crippen molar-refractivity contribution in [2.24, 2.45) is 0 Å². The summed E-state index contributed by atoms with van der Waals surface area (Å²) in [6.45, 7) is 7.58. The number of carbonyl (C=O) groups excluding carboxylic acids is 1. The number of unbranched alkanes of at least 4 members (excludes halogenated alkanes) is 5. The molecule has 0 saturated heterocycles. The van der Waals surface area contributed by atoms with E-state index in [9.17, 15) is 4.79 Å². The molecule has 0 fully saturated rings.